The van der Waals surface area contributed by atoms with E-state index in [-0.39, 0.29) is 6.61 Å². The highest BCUT2D eigenvalue weighted by molar-refractivity contribution is 6.33. The lowest BCUT2D eigenvalue weighted by Crippen LogP contribution is -2.59. The van der Waals surface area contributed by atoms with Crippen LogP contribution in [0.15, 0.2) is 36.4 Å². The van der Waals surface area contributed by atoms with Crippen LogP contribution in [-0.2, 0) is 55.7 Å². The van der Waals surface area contributed by atoms with Crippen LogP contribution in [0.5, 0.6) is 5.75 Å². The molecule has 2 aliphatic rings. The molecule has 1 fully saturated rings. The normalized spacial score (nSPS) is 23.4. The zero-order chi connectivity index (χ0) is 29.7. The zero-order valence-electron chi connectivity index (χ0n) is 23.3. The monoisotopic (exact) mass is 588 g/mol. The number of esters is 4. The predicted molar refractivity (Wildman–Crippen MR) is 145 cm³/mol. The van der Waals surface area contributed by atoms with Crippen molar-refractivity contribution in [2.45, 2.75) is 77.5 Å². The van der Waals surface area contributed by atoms with E-state index in [1.807, 2.05) is 36.4 Å². The van der Waals surface area contributed by atoms with E-state index < -0.39 is 54.4 Å². The molecule has 0 bridgehead atoms. The molecule has 0 aliphatic carbocycles. The van der Waals surface area contributed by atoms with Crippen molar-refractivity contribution in [2.24, 2.45) is 0 Å². The third kappa shape index (κ3) is 7.37. The molecule has 1 saturated heterocycles. The molecule has 0 N–H and O–H groups in total. The number of fused-ring (bicyclic) bond motifs is 1. The Morgan fingerprint density at radius 3 is 2.15 bits per heavy atom. The van der Waals surface area contributed by atoms with E-state index in [1.54, 1.807) is 0 Å². The number of rotatable bonds is 8. The maximum atomic E-state index is 12.4. The molecule has 4 rings (SSSR count). The SMILES string of the molecule is CC(=O)OC[C@H]1O[C@@H](c2cc(Cc3ccccc3)c(Cl)c3c2CCCO3)[C@H](OC(C)=O)[C@@H](OC(C)=O)[C@@H]1OC(C)=O. The van der Waals surface area contributed by atoms with Gasteiger partial charge in [-0.25, -0.2) is 0 Å². The van der Waals surface area contributed by atoms with Crippen molar-refractivity contribution >= 4 is 35.5 Å². The Kier molecular flexibility index (Phi) is 9.88. The van der Waals surface area contributed by atoms with Crippen LogP contribution in [0.2, 0.25) is 5.02 Å². The third-order valence-electron chi connectivity index (χ3n) is 6.79. The summed E-state index contributed by atoms with van der Waals surface area (Å²) in [5.74, 6) is -2.12. The Bertz CT molecular complexity index is 1290. The van der Waals surface area contributed by atoms with Crippen LogP contribution in [0.4, 0.5) is 0 Å². The van der Waals surface area contributed by atoms with Gasteiger partial charge < -0.3 is 28.4 Å². The fraction of sp³-hybridized carbons (Fsp3) is 0.467. The highest BCUT2D eigenvalue weighted by Gasteiger charge is 2.53. The molecule has 0 radical (unpaired) electrons. The van der Waals surface area contributed by atoms with Crippen molar-refractivity contribution in [3.8, 4) is 5.75 Å². The first kappa shape index (κ1) is 30.3. The van der Waals surface area contributed by atoms with Crippen molar-refractivity contribution in [3.05, 3.63) is 63.7 Å². The molecule has 41 heavy (non-hydrogen) atoms. The first-order valence-corrected chi connectivity index (χ1v) is 13.7. The summed E-state index contributed by atoms with van der Waals surface area (Å²) in [5, 5.41) is 0.470. The smallest absolute Gasteiger partial charge is 0.303 e. The van der Waals surface area contributed by atoms with E-state index in [9.17, 15) is 19.2 Å². The summed E-state index contributed by atoms with van der Waals surface area (Å²) in [6, 6.07) is 11.6. The summed E-state index contributed by atoms with van der Waals surface area (Å²) >= 11 is 6.86. The van der Waals surface area contributed by atoms with Gasteiger partial charge in [-0.05, 0) is 36.0 Å². The lowest BCUT2D eigenvalue weighted by atomic mass is 9.85. The van der Waals surface area contributed by atoms with E-state index in [1.165, 1.54) is 27.7 Å². The highest BCUT2D eigenvalue weighted by Crippen LogP contribution is 2.46. The number of ether oxygens (including phenoxy) is 6. The van der Waals surface area contributed by atoms with Gasteiger partial charge in [-0.1, -0.05) is 48.0 Å². The van der Waals surface area contributed by atoms with Gasteiger partial charge in [0.05, 0.1) is 11.6 Å². The average Bonchev–Trinajstić information content (AvgIpc) is 2.91. The van der Waals surface area contributed by atoms with Crippen LogP contribution in [0.1, 0.15) is 62.5 Å². The maximum Gasteiger partial charge on any atom is 0.303 e. The van der Waals surface area contributed by atoms with Crippen LogP contribution < -0.4 is 4.74 Å². The van der Waals surface area contributed by atoms with Crippen molar-refractivity contribution in [2.75, 3.05) is 13.2 Å². The zero-order valence-corrected chi connectivity index (χ0v) is 24.1. The van der Waals surface area contributed by atoms with Gasteiger partial charge in [0.1, 0.15) is 24.6 Å². The summed E-state index contributed by atoms with van der Waals surface area (Å²) in [6.07, 6.45) is -4.01. The van der Waals surface area contributed by atoms with E-state index >= 15 is 0 Å². The van der Waals surface area contributed by atoms with E-state index in [0.29, 0.717) is 42.2 Å². The van der Waals surface area contributed by atoms with Crippen LogP contribution in [-0.4, -0.2) is 61.5 Å². The quantitative estimate of drug-likeness (QED) is 0.329. The first-order chi connectivity index (χ1) is 19.5. The fourth-order valence-corrected chi connectivity index (χ4v) is 5.55. The first-order valence-electron chi connectivity index (χ1n) is 13.4. The fourth-order valence-electron chi connectivity index (χ4n) is 5.26. The number of halogens is 1. The molecule has 0 saturated carbocycles. The molecule has 2 heterocycles. The number of hydrogen-bond donors (Lipinski definition) is 0. The molecule has 2 aromatic rings. The Labute approximate surface area is 243 Å². The minimum absolute atomic E-state index is 0.308. The van der Waals surface area contributed by atoms with Gasteiger partial charge in [0.25, 0.3) is 0 Å². The molecule has 11 heteroatoms. The second-order valence-corrected chi connectivity index (χ2v) is 10.4. The minimum Gasteiger partial charge on any atom is -0.492 e. The number of carbonyl (C=O) groups is 4. The number of carbonyl (C=O) groups excluding carboxylic acids is 4. The molecular formula is C30H33ClO10. The van der Waals surface area contributed by atoms with Crippen molar-refractivity contribution < 1.29 is 47.6 Å². The van der Waals surface area contributed by atoms with Gasteiger partial charge in [-0.3, -0.25) is 19.2 Å². The summed E-state index contributed by atoms with van der Waals surface area (Å²) in [5.41, 5.74) is 3.14. The van der Waals surface area contributed by atoms with Crippen molar-refractivity contribution in [3.63, 3.8) is 0 Å². The Morgan fingerprint density at radius 1 is 0.878 bits per heavy atom. The van der Waals surface area contributed by atoms with Crippen LogP contribution in [0.3, 0.4) is 0 Å². The lowest BCUT2D eigenvalue weighted by molar-refractivity contribution is -0.254. The predicted octanol–water partition coefficient (Wildman–Crippen LogP) is 4.05. The van der Waals surface area contributed by atoms with Gasteiger partial charge in [-0.2, -0.15) is 0 Å². The molecule has 2 aromatic carbocycles. The second kappa shape index (κ2) is 13.4. The lowest BCUT2D eigenvalue weighted by Gasteiger charge is -2.45. The van der Waals surface area contributed by atoms with Gasteiger partial charge in [0.15, 0.2) is 18.3 Å². The molecule has 0 spiro atoms. The summed E-state index contributed by atoms with van der Waals surface area (Å²) < 4.78 is 34.6. The molecule has 10 nitrogen and oxygen atoms in total. The minimum atomic E-state index is -1.27. The Balaban J connectivity index is 1.88. The molecule has 0 aromatic heterocycles. The molecule has 0 unspecified atom stereocenters. The standard InChI is InChI=1S/C30H33ClO10/c1-16(32)37-15-24-28(38-17(2)33)30(40-19(4)35)29(39-18(3)34)27(41-24)23-14-21(13-20-9-6-5-7-10-20)25(31)26-22(23)11-8-12-36-26/h5-7,9-10,14,24,27-30H,8,11-13,15H2,1-4H3/t24-,27+,28-,29+,30+/m1/s1. The van der Waals surface area contributed by atoms with E-state index in [2.05, 4.69) is 0 Å². The molecule has 5 atom stereocenters. The highest BCUT2D eigenvalue weighted by atomic mass is 35.5. The van der Waals surface area contributed by atoms with Crippen molar-refractivity contribution in [1.82, 2.24) is 0 Å². The largest absolute Gasteiger partial charge is 0.492 e. The molecule has 0 amide bonds. The second-order valence-electron chi connectivity index (χ2n) is 9.98. The van der Waals surface area contributed by atoms with Crippen LogP contribution in [0, 0.1) is 0 Å². The van der Waals surface area contributed by atoms with Gasteiger partial charge in [0.2, 0.25) is 0 Å². The molecule has 2 aliphatic heterocycles. The molecular weight excluding hydrogens is 556 g/mol. The van der Waals surface area contributed by atoms with Crippen LogP contribution in [0.25, 0.3) is 0 Å². The third-order valence-corrected chi connectivity index (χ3v) is 7.20. The topological polar surface area (TPSA) is 124 Å². The van der Waals surface area contributed by atoms with Crippen molar-refractivity contribution in [1.29, 1.82) is 0 Å². The summed E-state index contributed by atoms with van der Waals surface area (Å²) in [6.45, 7) is 4.99. The summed E-state index contributed by atoms with van der Waals surface area (Å²) in [4.78, 5) is 48.4. The Morgan fingerprint density at radius 2 is 1.51 bits per heavy atom. The number of hydrogen-bond acceptors (Lipinski definition) is 10. The maximum absolute atomic E-state index is 12.4. The van der Waals surface area contributed by atoms with Gasteiger partial charge >= 0.3 is 23.9 Å². The number of benzene rings is 2. The molecule has 220 valence electrons. The summed E-state index contributed by atoms with van der Waals surface area (Å²) in [7, 11) is 0. The Hall–Kier alpha value is -3.63. The van der Waals surface area contributed by atoms with E-state index in [0.717, 1.165) is 16.7 Å². The van der Waals surface area contributed by atoms with Gasteiger partial charge in [0, 0.05) is 33.3 Å². The van der Waals surface area contributed by atoms with Crippen LogP contribution >= 0.6 is 11.6 Å². The average molecular weight is 589 g/mol. The van der Waals surface area contributed by atoms with Gasteiger partial charge in [-0.15, -0.1) is 0 Å². The van der Waals surface area contributed by atoms with E-state index in [4.69, 9.17) is 40.0 Å².